The van der Waals surface area contributed by atoms with E-state index in [0.29, 0.717) is 0 Å². The largest absolute Gasteiger partial charge is 0.368 e. The molecular weight excluding hydrogens is 178 g/mol. The zero-order valence-corrected chi connectivity index (χ0v) is 7.97. The molecule has 0 saturated carbocycles. The fourth-order valence-electron chi connectivity index (χ4n) is 1.64. The van der Waals surface area contributed by atoms with E-state index in [2.05, 4.69) is 9.88 Å². The van der Waals surface area contributed by atoms with Crippen molar-refractivity contribution in [2.75, 3.05) is 31.1 Å². The van der Waals surface area contributed by atoms with E-state index in [-0.39, 0.29) is 0 Å². The fourth-order valence-corrected chi connectivity index (χ4v) is 1.64. The van der Waals surface area contributed by atoms with Gasteiger partial charge in [0.2, 0.25) is 6.41 Å². The molecule has 0 atom stereocenters. The maximum Gasteiger partial charge on any atom is 0.209 e. The molecule has 1 aliphatic heterocycles. The number of pyridine rings is 1. The van der Waals surface area contributed by atoms with Gasteiger partial charge in [0.25, 0.3) is 0 Å². The molecule has 74 valence electrons. The summed E-state index contributed by atoms with van der Waals surface area (Å²) in [6.45, 7) is 3.43. The molecular formula is C10H13N3O. The predicted molar refractivity (Wildman–Crippen MR) is 54.1 cm³/mol. The minimum atomic E-state index is 0.811. The van der Waals surface area contributed by atoms with Gasteiger partial charge in [-0.05, 0) is 12.1 Å². The van der Waals surface area contributed by atoms with Crippen molar-refractivity contribution in [3.63, 3.8) is 0 Å². The van der Waals surface area contributed by atoms with Gasteiger partial charge in [-0.2, -0.15) is 0 Å². The van der Waals surface area contributed by atoms with Crippen LogP contribution in [0.2, 0.25) is 0 Å². The number of nitrogens with zero attached hydrogens (tertiary/aromatic N) is 3. The molecule has 1 fully saturated rings. The molecule has 0 unspecified atom stereocenters. The number of amides is 1. The molecule has 1 aromatic rings. The van der Waals surface area contributed by atoms with Crippen LogP contribution in [0.4, 0.5) is 5.69 Å². The molecule has 0 N–H and O–H groups in total. The molecule has 0 spiro atoms. The highest BCUT2D eigenvalue weighted by Gasteiger charge is 2.14. The molecule has 0 aliphatic carbocycles. The van der Waals surface area contributed by atoms with E-state index in [1.165, 1.54) is 5.69 Å². The van der Waals surface area contributed by atoms with Crippen LogP contribution in [-0.4, -0.2) is 42.5 Å². The number of piperazine rings is 1. The lowest BCUT2D eigenvalue weighted by Gasteiger charge is -2.33. The predicted octanol–water partition coefficient (Wildman–Crippen LogP) is 0.360. The Kier molecular flexibility index (Phi) is 2.62. The van der Waals surface area contributed by atoms with Gasteiger partial charge in [0, 0.05) is 44.3 Å². The monoisotopic (exact) mass is 191 g/mol. The van der Waals surface area contributed by atoms with Crippen molar-refractivity contribution in [2.45, 2.75) is 0 Å². The lowest BCUT2D eigenvalue weighted by atomic mass is 10.3. The number of anilines is 1. The van der Waals surface area contributed by atoms with Crippen LogP contribution in [0.15, 0.2) is 24.5 Å². The molecule has 0 radical (unpaired) electrons. The molecule has 1 amide bonds. The van der Waals surface area contributed by atoms with E-state index in [1.807, 2.05) is 12.1 Å². The molecule has 2 rings (SSSR count). The van der Waals surface area contributed by atoms with Gasteiger partial charge in [-0.15, -0.1) is 0 Å². The maximum atomic E-state index is 10.5. The van der Waals surface area contributed by atoms with Crippen LogP contribution in [0.1, 0.15) is 0 Å². The number of carbonyl (C=O) groups excluding carboxylic acids is 1. The van der Waals surface area contributed by atoms with Gasteiger partial charge in [-0.25, -0.2) is 0 Å². The van der Waals surface area contributed by atoms with E-state index < -0.39 is 0 Å². The van der Waals surface area contributed by atoms with E-state index in [9.17, 15) is 4.79 Å². The first-order chi connectivity index (χ1) is 6.90. The van der Waals surface area contributed by atoms with Crippen molar-refractivity contribution in [3.05, 3.63) is 24.5 Å². The van der Waals surface area contributed by atoms with Crippen LogP contribution >= 0.6 is 0 Å². The lowest BCUT2D eigenvalue weighted by molar-refractivity contribution is -0.118. The van der Waals surface area contributed by atoms with E-state index in [0.717, 1.165) is 32.6 Å². The van der Waals surface area contributed by atoms with Crippen LogP contribution < -0.4 is 4.90 Å². The van der Waals surface area contributed by atoms with Gasteiger partial charge in [0.1, 0.15) is 0 Å². The van der Waals surface area contributed by atoms with Gasteiger partial charge < -0.3 is 9.80 Å². The normalized spacial score (nSPS) is 16.9. The highest BCUT2D eigenvalue weighted by atomic mass is 16.1. The van der Waals surface area contributed by atoms with Crippen LogP contribution in [0.5, 0.6) is 0 Å². The van der Waals surface area contributed by atoms with Gasteiger partial charge in [-0.3, -0.25) is 9.78 Å². The summed E-state index contributed by atoms with van der Waals surface area (Å²) in [5.41, 5.74) is 1.19. The van der Waals surface area contributed by atoms with Gasteiger partial charge in [-0.1, -0.05) is 0 Å². The molecule has 4 heteroatoms. The summed E-state index contributed by atoms with van der Waals surface area (Å²) in [7, 11) is 0. The third kappa shape index (κ3) is 1.84. The highest BCUT2D eigenvalue weighted by molar-refractivity contribution is 5.50. The summed E-state index contributed by atoms with van der Waals surface area (Å²) >= 11 is 0. The van der Waals surface area contributed by atoms with Crippen molar-refractivity contribution < 1.29 is 4.79 Å². The number of hydrogen-bond donors (Lipinski definition) is 0. The smallest absolute Gasteiger partial charge is 0.209 e. The van der Waals surface area contributed by atoms with E-state index >= 15 is 0 Å². The van der Waals surface area contributed by atoms with Crippen molar-refractivity contribution in [1.82, 2.24) is 9.88 Å². The Morgan fingerprint density at radius 1 is 1.14 bits per heavy atom. The number of rotatable bonds is 2. The van der Waals surface area contributed by atoms with E-state index in [1.54, 1.807) is 17.3 Å². The molecule has 2 heterocycles. The maximum absolute atomic E-state index is 10.5. The van der Waals surface area contributed by atoms with Crippen LogP contribution in [0.3, 0.4) is 0 Å². The Balaban J connectivity index is 1.99. The summed E-state index contributed by atoms with van der Waals surface area (Å²) < 4.78 is 0. The summed E-state index contributed by atoms with van der Waals surface area (Å²) in [5.74, 6) is 0. The first kappa shape index (κ1) is 8.99. The van der Waals surface area contributed by atoms with Gasteiger partial charge in [0.05, 0.1) is 0 Å². The number of hydrogen-bond acceptors (Lipinski definition) is 3. The quantitative estimate of drug-likeness (QED) is 0.633. The average Bonchev–Trinajstić information content (AvgIpc) is 2.30. The average molecular weight is 191 g/mol. The highest BCUT2D eigenvalue weighted by Crippen LogP contribution is 2.13. The Hall–Kier alpha value is -1.58. The summed E-state index contributed by atoms with van der Waals surface area (Å²) in [6.07, 6.45) is 4.51. The first-order valence-electron chi connectivity index (χ1n) is 4.74. The molecule has 1 aromatic heterocycles. The van der Waals surface area contributed by atoms with Gasteiger partial charge in [0.15, 0.2) is 0 Å². The molecule has 4 nitrogen and oxygen atoms in total. The Labute approximate surface area is 83.2 Å². The third-order valence-electron chi connectivity index (χ3n) is 2.49. The summed E-state index contributed by atoms with van der Waals surface area (Å²) in [6, 6.07) is 3.99. The lowest BCUT2D eigenvalue weighted by Crippen LogP contribution is -2.45. The standard InChI is InChI=1S/C10H13N3O/c14-9-12-5-7-13(8-6-12)10-1-3-11-4-2-10/h1-4,9H,5-8H2. The summed E-state index contributed by atoms with van der Waals surface area (Å²) in [5, 5.41) is 0. The minimum absolute atomic E-state index is 0.811. The number of carbonyl (C=O) groups is 1. The Morgan fingerprint density at radius 3 is 2.36 bits per heavy atom. The molecule has 1 aliphatic rings. The first-order valence-corrected chi connectivity index (χ1v) is 4.74. The Morgan fingerprint density at radius 2 is 1.79 bits per heavy atom. The van der Waals surface area contributed by atoms with Crippen molar-refractivity contribution in [1.29, 1.82) is 0 Å². The second-order valence-electron chi connectivity index (χ2n) is 3.33. The van der Waals surface area contributed by atoms with Crippen molar-refractivity contribution >= 4 is 12.1 Å². The van der Waals surface area contributed by atoms with E-state index in [4.69, 9.17) is 0 Å². The van der Waals surface area contributed by atoms with Gasteiger partial charge >= 0.3 is 0 Å². The van der Waals surface area contributed by atoms with Crippen LogP contribution in [0.25, 0.3) is 0 Å². The zero-order chi connectivity index (χ0) is 9.80. The number of aromatic nitrogens is 1. The van der Waals surface area contributed by atoms with Crippen LogP contribution in [0, 0.1) is 0 Å². The zero-order valence-electron chi connectivity index (χ0n) is 7.97. The SMILES string of the molecule is O=CN1CCN(c2ccncc2)CC1. The fraction of sp³-hybridized carbons (Fsp3) is 0.400. The van der Waals surface area contributed by atoms with Crippen LogP contribution in [-0.2, 0) is 4.79 Å². The molecule has 0 aromatic carbocycles. The van der Waals surface area contributed by atoms with Crippen molar-refractivity contribution in [3.8, 4) is 0 Å². The molecule has 14 heavy (non-hydrogen) atoms. The third-order valence-corrected chi connectivity index (χ3v) is 2.49. The summed E-state index contributed by atoms with van der Waals surface area (Å²) in [4.78, 5) is 18.5. The topological polar surface area (TPSA) is 36.4 Å². The minimum Gasteiger partial charge on any atom is -0.368 e. The molecule has 1 saturated heterocycles. The van der Waals surface area contributed by atoms with Crippen molar-refractivity contribution in [2.24, 2.45) is 0 Å². The Bertz CT molecular complexity index is 293. The second-order valence-corrected chi connectivity index (χ2v) is 3.33. The molecule has 0 bridgehead atoms. The second kappa shape index (κ2) is 4.09.